The summed E-state index contributed by atoms with van der Waals surface area (Å²) in [5.74, 6) is -0.0702. The molecule has 1 aromatic carbocycles. The summed E-state index contributed by atoms with van der Waals surface area (Å²) in [6.45, 7) is 2.12. The average molecular weight is 274 g/mol. The molecule has 1 aromatic heterocycles. The van der Waals surface area contributed by atoms with Gasteiger partial charge in [0.2, 0.25) is 0 Å². The summed E-state index contributed by atoms with van der Waals surface area (Å²) in [5.41, 5.74) is 6.92. The minimum Gasteiger partial charge on any atom is -0.399 e. The van der Waals surface area contributed by atoms with Crippen molar-refractivity contribution < 1.29 is 4.79 Å². The highest BCUT2D eigenvalue weighted by Gasteiger charge is 2.15. The van der Waals surface area contributed by atoms with Gasteiger partial charge in [-0.25, -0.2) is 0 Å². The first-order valence-electron chi connectivity index (χ1n) is 6.40. The Hall–Kier alpha value is -1.81. The molecule has 0 bridgehead atoms. The maximum atomic E-state index is 12.2. The first kappa shape index (κ1) is 13.6. The summed E-state index contributed by atoms with van der Waals surface area (Å²) in [5, 5.41) is 5.11. The largest absolute Gasteiger partial charge is 0.399 e. The molecule has 0 spiro atoms. The second-order valence-corrected chi connectivity index (χ2v) is 5.43. The Balaban J connectivity index is 2.11. The molecular weight excluding hydrogens is 256 g/mol. The van der Waals surface area contributed by atoms with Gasteiger partial charge in [-0.3, -0.25) is 4.79 Å². The van der Waals surface area contributed by atoms with E-state index in [1.807, 2.05) is 11.4 Å². The van der Waals surface area contributed by atoms with Crippen molar-refractivity contribution in [1.82, 2.24) is 5.32 Å². The van der Waals surface area contributed by atoms with Gasteiger partial charge in [0, 0.05) is 16.1 Å². The smallest absolute Gasteiger partial charge is 0.251 e. The number of anilines is 1. The van der Waals surface area contributed by atoms with Crippen LogP contribution in [0.3, 0.4) is 0 Å². The Labute approximate surface area is 117 Å². The molecule has 0 fully saturated rings. The van der Waals surface area contributed by atoms with Crippen molar-refractivity contribution in [3.05, 3.63) is 52.2 Å². The second-order valence-electron chi connectivity index (χ2n) is 4.46. The molecule has 19 heavy (non-hydrogen) atoms. The Morgan fingerprint density at radius 2 is 2.21 bits per heavy atom. The first-order valence-corrected chi connectivity index (χ1v) is 7.28. The molecule has 0 aliphatic heterocycles. The Kier molecular flexibility index (Phi) is 4.58. The normalized spacial score (nSPS) is 12.1. The van der Waals surface area contributed by atoms with Crippen LogP contribution in [0.25, 0.3) is 0 Å². The Bertz CT molecular complexity index is 537. The summed E-state index contributed by atoms with van der Waals surface area (Å²) in [6.07, 6.45) is 1.97. The van der Waals surface area contributed by atoms with Crippen LogP contribution in [-0.2, 0) is 0 Å². The lowest BCUT2D eigenvalue weighted by Crippen LogP contribution is -2.28. The van der Waals surface area contributed by atoms with Gasteiger partial charge >= 0.3 is 0 Å². The van der Waals surface area contributed by atoms with E-state index in [1.54, 1.807) is 35.6 Å². The van der Waals surface area contributed by atoms with Crippen molar-refractivity contribution in [2.24, 2.45) is 0 Å². The van der Waals surface area contributed by atoms with Gasteiger partial charge in [0.1, 0.15) is 0 Å². The maximum Gasteiger partial charge on any atom is 0.251 e. The number of benzene rings is 1. The van der Waals surface area contributed by atoms with E-state index in [9.17, 15) is 4.79 Å². The number of carbonyl (C=O) groups excluding carboxylic acids is 1. The molecule has 4 heteroatoms. The number of amides is 1. The van der Waals surface area contributed by atoms with Crippen molar-refractivity contribution in [3.8, 4) is 0 Å². The fraction of sp³-hybridized carbons (Fsp3) is 0.267. The molecule has 1 heterocycles. The molecule has 0 radical (unpaired) electrons. The number of nitrogens with two attached hydrogens (primary N) is 1. The summed E-state index contributed by atoms with van der Waals surface area (Å²) < 4.78 is 0. The topological polar surface area (TPSA) is 55.1 Å². The fourth-order valence-corrected chi connectivity index (χ4v) is 2.80. The number of hydrogen-bond donors (Lipinski definition) is 2. The zero-order valence-corrected chi connectivity index (χ0v) is 11.7. The zero-order valence-electron chi connectivity index (χ0n) is 10.9. The Morgan fingerprint density at radius 1 is 1.37 bits per heavy atom. The van der Waals surface area contributed by atoms with E-state index in [-0.39, 0.29) is 11.9 Å². The predicted octanol–water partition coefficient (Wildman–Crippen LogP) is 3.60. The minimum absolute atomic E-state index is 0.0702. The lowest BCUT2D eigenvalue weighted by atomic mass is 10.1. The maximum absolute atomic E-state index is 12.2. The van der Waals surface area contributed by atoms with Crippen molar-refractivity contribution in [2.45, 2.75) is 25.8 Å². The fourth-order valence-electron chi connectivity index (χ4n) is 1.99. The SMILES string of the molecule is CCC[C@@H](NC(=O)c1cccc(N)c1)c1cccs1. The third kappa shape index (κ3) is 3.58. The van der Waals surface area contributed by atoms with E-state index >= 15 is 0 Å². The van der Waals surface area contributed by atoms with Crippen molar-refractivity contribution in [3.63, 3.8) is 0 Å². The van der Waals surface area contributed by atoms with Gasteiger partial charge in [0.15, 0.2) is 0 Å². The van der Waals surface area contributed by atoms with Crippen LogP contribution in [0.15, 0.2) is 41.8 Å². The highest BCUT2D eigenvalue weighted by atomic mass is 32.1. The van der Waals surface area contributed by atoms with Gasteiger partial charge in [-0.2, -0.15) is 0 Å². The molecule has 1 atom stereocenters. The lowest BCUT2D eigenvalue weighted by molar-refractivity contribution is 0.0935. The minimum atomic E-state index is -0.0702. The molecule has 0 unspecified atom stereocenters. The van der Waals surface area contributed by atoms with Crippen LogP contribution in [0.4, 0.5) is 5.69 Å². The molecule has 0 aliphatic carbocycles. The molecule has 0 aliphatic rings. The highest BCUT2D eigenvalue weighted by Crippen LogP contribution is 2.23. The van der Waals surface area contributed by atoms with Crippen LogP contribution < -0.4 is 11.1 Å². The number of nitrogens with one attached hydrogen (secondary N) is 1. The van der Waals surface area contributed by atoms with E-state index in [0.29, 0.717) is 11.3 Å². The van der Waals surface area contributed by atoms with Crippen LogP contribution >= 0.6 is 11.3 Å². The van der Waals surface area contributed by atoms with Crippen molar-refractivity contribution >= 4 is 22.9 Å². The first-order chi connectivity index (χ1) is 9.20. The number of carbonyl (C=O) groups is 1. The predicted molar refractivity (Wildman–Crippen MR) is 80.3 cm³/mol. The third-order valence-corrected chi connectivity index (χ3v) is 3.90. The van der Waals surface area contributed by atoms with Gasteiger partial charge in [-0.1, -0.05) is 25.5 Å². The van der Waals surface area contributed by atoms with Crippen LogP contribution in [0.2, 0.25) is 0 Å². The summed E-state index contributed by atoms with van der Waals surface area (Å²) >= 11 is 1.67. The van der Waals surface area contributed by atoms with Crippen LogP contribution in [0.1, 0.15) is 41.0 Å². The molecule has 2 aromatic rings. The molecular formula is C15H18N2OS. The molecule has 100 valence electrons. The Morgan fingerprint density at radius 3 is 2.84 bits per heavy atom. The quantitative estimate of drug-likeness (QED) is 0.818. The molecule has 0 saturated heterocycles. The van der Waals surface area contributed by atoms with E-state index in [2.05, 4.69) is 18.3 Å². The molecule has 2 rings (SSSR count). The van der Waals surface area contributed by atoms with E-state index in [1.165, 1.54) is 4.88 Å². The van der Waals surface area contributed by atoms with Crippen LogP contribution in [0, 0.1) is 0 Å². The van der Waals surface area contributed by atoms with E-state index in [4.69, 9.17) is 5.73 Å². The second kappa shape index (κ2) is 6.38. The molecule has 3 nitrogen and oxygen atoms in total. The number of nitrogen functional groups attached to an aromatic ring is 1. The number of thiophene rings is 1. The summed E-state index contributed by atoms with van der Waals surface area (Å²) in [6, 6.07) is 11.2. The molecule has 3 N–H and O–H groups in total. The number of rotatable bonds is 5. The molecule has 1 amide bonds. The summed E-state index contributed by atoms with van der Waals surface area (Å²) in [7, 11) is 0. The van der Waals surface area contributed by atoms with Crippen molar-refractivity contribution in [1.29, 1.82) is 0 Å². The van der Waals surface area contributed by atoms with Crippen molar-refractivity contribution in [2.75, 3.05) is 5.73 Å². The zero-order chi connectivity index (χ0) is 13.7. The standard InChI is InChI=1S/C15H18N2OS/c1-2-5-13(14-8-4-9-19-14)17-15(18)11-6-3-7-12(16)10-11/h3-4,6-10,13H,2,5,16H2,1H3,(H,17,18)/t13-/m1/s1. The van der Waals surface area contributed by atoms with Gasteiger partial charge in [-0.05, 0) is 36.1 Å². The third-order valence-electron chi connectivity index (χ3n) is 2.92. The van der Waals surface area contributed by atoms with Gasteiger partial charge < -0.3 is 11.1 Å². The van der Waals surface area contributed by atoms with E-state index in [0.717, 1.165) is 12.8 Å². The number of hydrogen-bond acceptors (Lipinski definition) is 3. The van der Waals surface area contributed by atoms with Crippen LogP contribution in [0.5, 0.6) is 0 Å². The van der Waals surface area contributed by atoms with Gasteiger partial charge in [0.25, 0.3) is 5.91 Å². The van der Waals surface area contributed by atoms with Gasteiger partial charge in [-0.15, -0.1) is 11.3 Å². The summed E-state index contributed by atoms with van der Waals surface area (Å²) in [4.78, 5) is 13.4. The van der Waals surface area contributed by atoms with Gasteiger partial charge in [0.05, 0.1) is 6.04 Å². The van der Waals surface area contributed by atoms with Crippen LogP contribution in [-0.4, -0.2) is 5.91 Å². The lowest BCUT2D eigenvalue weighted by Gasteiger charge is -2.17. The molecule has 0 saturated carbocycles. The highest BCUT2D eigenvalue weighted by molar-refractivity contribution is 7.10. The van der Waals surface area contributed by atoms with E-state index < -0.39 is 0 Å². The average Bonchev–Trinajstić information content (AvgIpc) is 2.92. The monoisotopic (exact) mass is 274 g/mol.